The lowest BCUT2D eigenvalue weighted by atomic mass is 10.1. The van der Waals surface area contributed by atoms with Crippen molar-refractivity contribution >= 4 is 16.8 Å². The first-order valence-corrected chi connectivity index (χ1v) is 6.50. The highest BCUT2D eigenvalue weighted by Crippen LogP contribution is 2.29. The van der Waals surface area contributed by atoms with Crippen molar-refractivity contribution in [2.24, 2.45) is 11.7 Å². The van der Waals surface area contributed by atoms with Gasteiger partial charge in [0.25, 0.3) is 5.91 Å². The van der Waals surface area contributed by atoms with Gasteiger partial charge in [-0.15, -0.1) is 0 Å². The highest BCUT2D eigenvalue weighted by molar-refractivity contribution is 5.99. The van der Waals surface area contributed by atoms with Crippen molar-refractivity contribution in [1.82, 2.24) is 4.57 Å². The van der Waals surface area contributed by atoms with Gasteiger partial charge < -0.3 is 15.0 Å². The van der Waals surface area contributed by atoms with E-state index in [1.165, 1.54) is 0 Å². The first kappa shape index (κ1) is 13.5. The molecule has 19 heavy (non-hydrogen) atoms. The van der Waals surface area contributed by atoms with Gasteiger partial charge in [0.2, 0.25) is 0 Å². The average molecular weight is 260 g/mol. The summed E-state index contributed by atoms with van der Waals surface area (Å²) in [6.07, 6.45) is 1.00. The van der Waals surface area contributed by atoms with E-state index in [2.05, 4.69) is 13.8 Å². The zero-order chi connectivity index (χ0) is 14.0. The molecule has 1 aromatic heterocycles. The monoisotopic (exact) mass is 260 g/mol. The molecule has 0 radical (unpaired) electrons. The Morgan fingerprint density at radius 1 is 1.42 bits per heavy atom. The molecule has 0 saturated carbocycles. The van der Waals surface area contributed by atoms with Crippen LogP contribution in [0.5, 0.6) is 5.75 Å². The van der Waals surface area contributed by atoms with Gasteiger partial charge in [-0.25, -0.2) is 0 Å². The Morgan fingerprint density at radius 2 is 2.16 bits per heavy atom. The number of amides is 1. The summed E-state index contributed by atoms with van der Waals surface area (Å²) in [7, 11) is 1.63. The van der Waals surface area contributed by atoms with Crippen LogP contribution in [-0.4, -0.2) is 17.6 Å². The van der Waals surface area contributed by atoms with Crippen molar-refractivity contribution in [2.75, 3.05) is 7.11 Å². The number of hydrogen-bond acceptors (Lipinski definition) is 2. The highest BCUT2D eigenvalue weighted by atomic mass is 16.5. The van der Waals surface area contributed by atoms with Gasteiger partial charge in [-0.2, -0.15) is 0 Å². The van der Waals surface area contributed by atoms with Crippen LogP contribution in [0.2, 0.25) is 0 Å². The number of hydrogen-bond donors (Lipinski definition) is 1. The summed E-state index contributed by atoms with van der Waals surface area (Å²) in [6, 6.07) is 7.62. The average Bonchev–Trinajstić information content (AvgIpc) is 2.74. The SMILES string of the molecule is COc1cccc2c1cc(C(N)=O)n2CCC(C)C. The maximum absolute atomic E-state index is 11.6. The van der Waals surface area contributed by atoms with Crippen LogP contribution in [-0.2, 0) is 6.54 Å². The van der Waals surface area contributed by atoms with Gasteiger partial charge >= 0.3 is 0 Å². The summed E-state index contributed by atoms with van der Waals surface area (Å²) < 4.78 is 7.32. The fourth-order valence-electron chi connectivity index (χ4n) is 2.27. The van der Waals surface area contributed by atoms with Gasteiger partial charge in [-0.1, -0.05) is 19.9 Å². The van der Waals surface area contributed by atoms with Crippen molar-refractivity contribution in [3.63, 3.8) is 0 Å². The molecule has 2 aromatic rings. The van der Waals surface area contributed by atoms with Crippen molar-refractivity contribution in [3.05, 3.63) is 30.0 Å². The van der Waals surface area contributed by atoms with Crippen molar-refractivity contribution < 1.29 is 9.53 Å². The highest BCUT2D eigenvalue weighted by Gasteiger charge is 2.15. The van der Waals surface area contributed by atoms with Crippen LogP contribution in [0.3, 0.4) is 0 Å². The minimum atomic E-state index is -0.401. The summed E-state index contributed by atoms with van der Waals surface area (Å²) in [6.45, 7) is 5.11. The largest absolute Gasteiger partial charge is 0.496 e. The summed E-state index contributed by atoms with van der Waals surface area (Å²) in [5.41, 5.74) is 7.01. The molecule has 0 aliphatic carbocycles. The predicted octanol–water partition coefficient (Wildman–Crippen LogP) is 2.79. The van der Waals surface area contributed by atoms with Crippen LogP contribution in [0.25, 0.3) is 10.9 Å². The molecule has 1 heterocycles. The number of rotatable bonds is 5. The van der Waals surface area contributed by atoms with E-state index >= 15 is 0 Å². The molecule has 0 atom stereocenters. The second kappa shape index (κ2) is 5.34. The predicted molar refractivity (Wildman–Crippen MR) is 76.5 cm³/mol. The summed E-state index contributed by atoms with van der Waals surface area (Å²) in [5.74, 6) is 0.939. The third-order valence-corrected chi connectivity index (χ3v) is 3.31. The molecule has 1 aromatic carbocycles. The number of aryl methyl sites for hydroxylation is 1. The standard InChI is InChI=1S/C15H20N2O2/c1-10(2)7-8-17-12-5-4-6-14(19-3)11(12)9-13(17)15(16)18/h4-6,9-10H,7-8H2,1-3H3,(H2,16,18). The van der Waals surface area contributed by atoms with Gasteiger partial charge in [0.05, 0.1) is 12.6 Å². The summed E-state index contributed by atoms with van der Waals surface area (Å²) >= 11 is 0. The molecule has 1 amide bonds. The fraction of sp³-hybridized carbons (Fsp3) is 0.400. The molecule has 0 fully saturated rings. The first-order valence-electron chi connectivity index (χ1n) is 6.50. The molecule has 4 nitrogen and oxygen atoms in total. The second-order valence-corrected chi connectivity index (χ2v) is 5.12. The number of ether oxygens (including phenoxy) is 1. The van der Waals surface area contributed by atoms with E-state index < -0.39 is 5.91 Å². The normalized spacial score (nSPS) is 11.2. The van der Waals surface area contributed by atoms with E-state index in [0.717, 1.165) is 29.6 Å². The van der Waals surface area contributed by atoms with E-state index in [4.69, 9.17) is 10.5 Å². The number of carbonyl (C=O) groups excluding carboxylic acids is 1. The van der Waals surface area contributed by atoms with Crippen LogP contribution < -0.4 is 10.5 Å². The molecule has 4 heteroatoms. The van der Waals surface area contributed by atoms with E-state index in [-0.39, 0.29) is 0 Å². The van der Waals surface area contributed by atoms with Gasteiger partial charge in [0.15, 0.2) is 0 Å². The number of fused-ring (bicyclic) bond motifs is 1. The van der Waals surface area contributed by atoms with Crippen LogP contribution in [0, 0.1) is 5.92 Å². The molecular weight excluding hydrogens is 240 g/mol. The fourth-order valence-corrected chi connectivity index (χ4v) is 2.27. The number of primary amides is 1. The van der Waals surface area contributed by atoms with Gasteiger partial charge in [0.1, 0.15) is 11.4 Å². The first-order chi connectivity index (χ1) is 9.04. The Balaban J connectivity index is 2.57. The van der Waals surface area contributed by atoms with E-state index in [1.54, 1.807) is 7.11 Å². The van der Waals surface area contributed by atoms with Crippen LogP contribution in [0.15, 0.2) is 24.3 Å². The Kier molecular flexibility index (Phi) is 3.79. The second-order valence-electron chi connectivity index (χ2n) is 5.12. The lowest BCUT2D eigenvalue weighted by Crippen LogP contribution is -2.17. The molecule has 0 unspecified atom stereocenters. The number of nitrogens with zero attached hydrogens (tertiary/aromatic N) is 1. The number of aromatic nitrogens is 1. The van der Waals surface area contributed by atoms with E-state index in [1.807, 2.05) is 28.8 Å². The Hall–Kier alpha value is -1.97. The van der Waals surface area contributed by atoms with E-state index in [9.17, 15) is 4.79 Å². The summed E-state index contributed by atoms with van der Waals surface area (Å²) in [4.78, 5) is 11.6. The lowest BCUT2D eigenvalue weighted by molar-refractivity contribution is 0.0991. The molecule has 2 N–H and O–H groups in total. The van der Waals surface area contributed by atoms with Crippen molar-refractivity contribution in [3.8, 4) is 5.75 Å². The van der Waals surface area contributed by atoms with Gasteiger partial charge in [-0.3, -0.25) is 4.79 Å². The molecule has 0 saturated heterocycles. The third kappa shape index (κ3) is 2.57. The number of nitrogens with two attached hydrogens (primary N) is 1. The van der Waals surface area contributed by atoms with Crippen LogP contribution in [0.4, 0.5) is 0 Å². The minimum Gasteiger partial charge on any atom is -0.496 e. The lowest BCUT2D eigenvalue weighted by Gasteiger charge is -2.11. The van der Waals surface area contributed by atoms with Crippen LogP contribution in [0.1, 0.15) is 30.8 Å². The zero-order valence-electron chi connectivity index (χ0n) is 11.6. The van der Waals surface area contributed by atoms with Gasteiger partial charge in [0, 0.05) is 11.9 Å². The smallest absolute Gasteiger partial charge is 0.265 e. The van der Waals surface area contributed by atoms with Crippen molar-refractivity contribution in [2.45, 2.75) is 26.8 Å². The number of benzene rings is 1. The molecule has 2 rings (SSSR count). The molecule has 0 aliphatic rings. The maximum Gasteiger partial charge on any atom is 0.265 e. The van der Waals surface area contributed by atoms with Crippen LogP contribution >= 0.6 is 0 Å². The zero-order valence-corrected chi connectivity index (χ0v) is 11.6. The molecule has 0 aliphatic heterocycles. The Bertz CT molecular complexity index is 599. The summed E-state index contributed by atoms with van der Waals surface area (Å²) in [5, 5.41) is 0.933. The quantitative estimate of drug-likeness (QED) is 0.898. The van der Waals surface area contributed by atoms with Gasteiger partial charge in [-0.05, 0) is 30.5 Å². The molecule has 0 spiro atoms. The minimum absolute atomic E-state index is 0.401. The Morgan fingerprint density at radius 3 is 2.74 bits per heavy atom. The Labute approximate surface area is 113 Å². The molecular formula is C15H20N2O2. The van der Waals surface area contributed by atoms with Crippen molar-refractivity contribution in [1.29, 1.82) is 0 Å². The molecule has 0 bridgehead atoms. The topological polar surface area (TPSA) is 57.2 Å². The van der Waals surface area contributed by atoms with E-state index in [0.29, 0.717) is 11.6 Å². The number of methoxy groups -OCH3 is 1. The third-order valence-electron chi connectivity index (χ3n) is 3.31. The number of carbonyl (C=O) groups is 1. The maximum atomic E-state index is 11.6. The molecule has 102 valence electrons.